The minimum Gasteiger partial charge on any atom is -0.480 e. The molecular formula is C29H27F2N5O6S. The number of amides is 1. The molecule has 4 rings (SSSR count). The number of ether oxygens (including phenoxy) is 2. The summed E-state index contributed by atoms with van der Waals surface area (Å²) in [5.74, 6) is -2.22. The molecule has 0 spiro atoms. The van der Waals surface area contributed by atoms with Gasteiger partial charge in [0.2, 0.25) is 11.7 Å². The molecule has 0 aliphatic heterocycles. The van der Waals surface area contributed by atoms with E-state index in [-0.39, 0.29) is 41.0 Å². The first kappa shape index (κ1) is 31.1. The Balaban J connectivity index is 2.01. The Labute approximate surface area is 249 Å². The zero-order valence-corrected chi connectivity index (χ0v) is 24.5. The fraction of sp³-hybridized carbons (Fsp3) is 0.241. The summed E-state index contributed by atoms with van der Waals surface area (Å²) in [4.78, 5) is 41.6. The largest absolute Gasteiger partial charge is 0.480 e. The molecule has 0 bridgehead atoms. The number of nitro benzene ring substituents is 1. The number of non-ortho nitro benzene ring substituents is 1. The number of carbonyl (C=O) groups excluding carboxylic acids is 2. The van der Waals surface area contributed by atoms with Crippen LogP contribution in [0.5, 0.6) is 5.88 Å². The number of carbonyl (C=O) groups is 2. The molecule has 0 saturated carbocycles. The first-order chi connectivity index (χ1) is 20.5. The van der Waals surface area contributed by atoms with Crippen LogP contribution >= 0.6 is 11.3 Å². The van der Waals surface area contributed by atoms with E-state index >= 15 is 0 Å². The molecule has 224 valence electrons. The van der Waals surface area contributed by atoms with E-state index in [0.29, 0.717) is 16.0 Å². The fourth-order valence-corrected chi connectivity index (χ4v) is 5.56. The highest BCUT2D eigenvalue weighted by atomic mass is 32.1. The first-order valence-corrected chi connectivity index (χ1v) is 13.7. The topological polar surface area (TPSA) is 128 Å². The van der Waals surface area contributed by atoms with Crippen LogP contribution in [-0.2, 0) is 17.8 Å². The van der Waals surface area contributed by atoms with Crippen LogP contribution in [0.4, 0.5) is 24.3 Å². The van der Waals surface area contributed by atoms with Crippen molar-refractivity contribution in [2.45, 2.75) is 20.0 Å². The zero-order chi connectivity index (χ0) is 31.3. The molecule has 0 N–H and O–H groups in total. The number of ketones is 1. The number of nitrogens with zero attached hydrogens (tertiary/aromatic N) is 5. The summed E-state index contributed by atoms with van der Waals surface area (Å²) in [5, 5.41) is 19.2. The quantitative estimate of drug-likeness (QED) is 0.116. The van der Waals surface area contributed by atoms with E-state index in [0.717, 1.165) is 28.4 Å². The molecule has 2 aromatic heterocycles. The molecule has 14 heteroatoms. The van der Waals surface area contributed by atoms with Gasteiger partial charge in [0.25, 0.3) is 5.69 Å². The van der Waals surface area contributed by atoms with Gasteiger partial charge in [-0.15, -0.1) is 21.5 Å². The normalized spacial score (nSPS) is 11.0. The van der Waals surface area contributed by atoms with E-state index in [1.54, 1.807) is 25.9 Å². The van der Waals surface area contributed by atoms with Crippen molar-refractivity contribution in [3.05, 3.63) is 98.7 Å². The molecular weight excluding hydrogens is 584 g/mol. The van der Waals surface area contributed by atoms with Gasteiger partial charge in [0.1, 0.15) is 22.3 Å². The van der Waals surface area contributed by atoms with Gasteiger partial charge >= 0.3 is 6.09 Å². The molecule has 0 saturated heterocycles. The lowest BCUT2D eigenvalue weighted by molar-refractivity contribution is -0.384. The molecule has 0 fully saturated rings. The summed E-state index contributed by atoms with van der Waals surface area (Å²) in [6.07, 6.45) is -0.937. The van der Waals surface area contributed by atoms with Crippen LogP contribution in [-0.4, -0.2) is 59.7 Å². The minimum absolute atomic E-state index is 0.0383. The number of hydrogen-bond donors (Lipinski definition) is 0. The van der Waals surface area contributed by atoms with Gasteiger partial charge in [-0.1, -0.05) is 6.07 Å². The molecule has 0 radical (unpaired) electrons. The van der Waals surface area contributed by atoms with Gasteiger partial charge in [0.05, 0.1) is 30.7 Å². The molecule has 0 unspecified atom stereocenters. The maximum Gasteiger partial charge on any atom is 0.415 e. The van der Waals surface area contributed by atoms with Crippen LogP contribution in [0, 0.1) is 21.7 Å². The molecule has 0 aliphatic rings. The SMILES string of the molecule is CCOC(=O)N(Cc1c(F)cccc1F)c1sc(-c2ccc([N+](=O)[O-])cc2)c(CN(C)C)c1C(=O)c1ccc(OC)nn1. The summed E-state index contributed by atoms with van der Waals surface area (Å²) in [6, 6.07) is 11.9. The van der Waals surface area contributed by atoms with Crippen molar-refractivity contribution in [1.29, 1.82) is 0 Å². The summed E-state index contributed by atoms with van der Waals surface area (Å²) < 4.78 is 40.0. The van der Waals surface area contributed by atoms with Gasteiger partial charge in [0.15, 0.2) is 0 Å². The molecule has 2 heterocycles. The maximum atomic E-state index is 14.8. The van der Waals surface area contributed by atoms with Crippen LogP contribution in [0.1, 0.15) is 34.1 Å². The lowest BCUT2D eigenvalue weighted by Gasteiger charge is -2.23. The molecule has 0 atom stereocenters. The van der Waals surface area contributed by atoms with E-state index in [4.69, 9.17) is 9.47 Å². The summed E-state index contributed by atoms with van der Waals surface area (Å²) in [7, 11) is 4.94. The molecule has 11 nitrogen and oxygen atoms in total. The van der Waals surface area contributed by atoms with Crippen molar-refractivity contribution in [2.24, 2.45) is 0 Å². The van der Waals surface area contributed by atoms with Crippen molar-refractivity contribution in [1.82, 2.24) is 15.1 Å². The van der Waals surface area contributed by atoms with Crippen LogP contribution < -0.4 is 9.64 Å². The molecule has 0 aliphatic carbocycles. The first-order valence-electron chi connectivity index (χ1n) is 12.9. The third-order valence-corrected chi connectivity index (χ3v) is 7.53. The summed E-state index contributed by atoms with van der Waals surface area (Å²) >= 11 is 1.01. The van der Waals surface area contributed by atoms with Crippen molar-refractivity contribution in [3.8, 4) is 16.3 Å². The number of halogens is 2. The average molecular weight is 612 g/mol. The standard InChI is InChI=1S/C29H27F2N5O6S/c1-5-42-29(38)35(16-19-21(30)7-6-8-22(19)31)28-25(26(37)23-13-14-24(41-4)33-32-23)20(15-34(2)3)27(43-28)17-9-11-18(12-10-17)36(39)40/h6-14H,5,15-16H2,1-4H3. The lowest BCUT2D eigenvalue weighted by atomic mass is 9.99. The number of benzene rings is 2. The Morgan fingerprint density at radius 2 is 1.65 bits per heavy atom. The fourth-order valence-electron chi connectivity index (χ4n) is 4.25. The average Bonchev–Trinajstić information content (AvgIpc) is 3.34. The Bertz CT molecular complexity index is 1620. The van der Waals surface area contributed by atoms with Crippen molar-refractivity contribution in [3.63, 3.8) is 0 Å². The van der Waals surface area contributed by atoms with E-state index in [1.807, 2.05) is 0 Å². The molecule has 2 aromatic carbocycles. The van der Waals surface area contributed by atoms with E-state index in [1.165, 1.54) is 49.6 Å². The van der Waals surface area contributed by atoms with Crippen LogP contribution in [0.3, 0.4) is 0 Å². The second-order valence-electron chi connectivity index (χ2n) is 9.41. The highest BCUT2D eigenvalue weighted by molar-refractivity contribution is 7.20. The van der Waals surface area contributed by atoms with E-state index in [2.05, 4.69) is 10.2 Å². The van der Waals surface area contributed by atoms with E-state index in [9.17, 15) is 28.5 Å². The zero-order valence-electron chi connectivity index (χ0n) is 23.7. The maximum absolute atomic E-state index is 14.8. The summed E-state index contributed by atoms with van der Waals surface area (Å²) in [6.45, 7) is 1.13. The van der Waals surface area contributed by atoms with E-state index < -0.39 is 40.5 Å². The monoisotopic (exact) mass is 611 g/mol. The minimum atomic E-state index is -0.937. The Hall–Kier alpha value is -4.82. The molecule has 1 amide bonds. The number of hydrogen-bond acceptors (Lipinski definition) is 10. The van der Waals surface area contributed by atoms with Gasteiger partial charge < -0.3 is 14.4 Å². The van der Waals surface area contributed by atoms with Crippen LogP contribution in [0.25, 0.3) is 10.4 Å². The number of nitro groups is 1. The second-order valence-corrected chi connectivity index (χ2v) is 10.4. The Kier molecular flexibility index (Phi) is 9.73. The van der Waals surface area contributed by atoms with Gasteiger partial charge in [-0.3, -0.25) is 19.8 Å². The van der Waals surface area contributed by atoms with Crippen molar-refractivity contribution in [2.75, 3.05) is 32.7 Å². The number of thiophene rings is 1. The lowest BCUT2D eigenvalue weighted by Crippen LogP contribution is -2.32. The third kappa shape index (κ3) is 6.81. The van der Waals surface area contributed by atoms with Gasteiger partial charge in [-0.2, -0.15) is 0 Å². The second kappa shape index (κ2) is 13.4. The molecule has 43 heavy (non-hydrogen) atoms. The molecule has 4 aromatic rings. The van der Waals surface area contributed by atoms with Crippen LogP contribution in [0.15, 0.2) is 54.6 Å². The summed E-state index contributed by atoms with van der Waals surface area (Å²) in [5.41, 5.74) is 0.409. The van der Waals surface area contributed by atoms with Crippen LogP contribution in [0.2, 0.25) is 0 Å². The number of methoxy groups -OCH3 is 1. The number of rotatable bonds is 11. The number of aromatic nitrogens is 2. The van der Waals surface area contributed by atoms with Gasteiger partial charge in [0, 0.05) is 35.2 Å². The Morgan fingerprint density at radius 1 is 0.977 bits per heavy atom. The predicted octanol–water partition coefficient (Wildman–Crippen LogP) is 5.86. The highest BCUT2D eigenvalue weighted by Crippen LogP contribution is 2.45. The number of anilines is 1. The third-order valence-electron chi connectivity index (χ3n) is 6.22. The predicted molar refractivity (Wildman–Crippen MR) is 155 cm³/mol. The Morgan fingerprint density at radius 3 is 2.19 bits per heavy atom. The highest BCUT2D eigenvalue weighted by Gasteiger charge is 2.33. The van der Waals surface area contributed by atoms with Gasteiger partial charge in [-0.05, 0) is 62.5 Å². The van der Waals surface area contributed by atoms with Crippen molar-refractivity contribution >= 4 is 33.9 Å². The van der Waals surface area contributed by atoms with Crippen molar-refractivity contribution < 1.29 is 32.8 Å². The smallest absolute Gasteiger partial charge is 0.415 e. The van der Waals surface area contributed by atoms with Gasteiger partial charge in [-0.25, -0.2) is 13.6 Å².